The van der Waals surface area contributed by atoms with Crippen molar-refractivity contribution in [1.29, 1.82) is 0 Å². The van der Waals surface area contributed by atoms with Crippen molar-refractivity contribution in [3.05, 3.63) is 102 Å². The molecule has 44 heavy (non-hydrogen) atoms. The summed E-state index contributed by atoms with van der Waals surface area (Å²) in [6, 6.07) is 20.7. The standard InChI is InChI=1S/C34H38N4O6/c1-22(2)15-30(33(41)42)38-32(40)29(18-27-19-35-21-36-27)37-31(39)17-26(34(43)44-20-23-9-4-3-5-10-23)16-25-13-8-12-24-11-6-7-14-28(24)25/h3-14,19,21-22,26,29-30H,15-18,20H2,1-2H3,(H,35,36)(H,37,39)(H,38,40)(H,41,42)/t26-,29?,30+/m1/s1. The molecular formula is C34H38N4O6. The first-order chi connectivity index (χ1) is 21.2. The Bertz CT molecular complexity index is 1550. The maximum absolute atomic E-state index is 13.5. The number of amides is 2. The number of nitrogens with one attached hydrogen (secondary N) is 3. The number of carboxylic acids is 1. The minimum absolute atomic E-state index is 0.0208. The van der Waals surface area contributed by atoms with Crippen molar-refractivity contribution < 1.29 is 29.0 Å². The van der Waals surface area contributed by atoms with Gasteiger partial charge in [0.2, 0.25) is 11.8 Å². The Morgan fingerprint density at radius 2 is 1.61 bits per heavy atom. The molecule has 1 heterocycles. The second kappa shape index (κ2) is 15.5. The van der Waals surface area contributed by atoms with E-state index in [2.05, 4.69) is 20.6 Å². The first-order valence-electron chi connectivity index (χ1n) is 14.7. The number of aromatic nitrogens is 2. The van der Waals surface area contributed by atoms with E-state index in [1.807, 2.05) is 86.6 Å². The number of nitrogens with zero attached hydrogens (tertiary/aromatic N) is 1. The Morgan fingerprint density at radius 3 is 2.32 bits per heavy atom. The van der Waals surface area contributed by atoms with Crippen LogP contribution in [0.1, 0.15) is 43.5 Å². The summed E-state index contributed by atoms with van der Waals surface area (Å²) in [5.74, 6) is -3.70. The minimum atomic E-state index is -1.16. The molecule has 0 aliphatic carbocycles. The molecule has 2 amide bonds. The number of ether oxygens (including phenoxy) is 1. The zero-order chi connectivity index (χ0) is 31.5. The molecule has 3 aromatic carbocycles. The van der Waals surface area contributed by atoms with Crippen LogP contribution < -0.4 is 10.6 Å². The van der Waals surface area contributed by atoms with Gasteiger partial charge in [-0.25, -0.2) is 9.78 Å². The molecule has 0 fully saturated rings. The second-order valence-electron chi connectivity index (χ2n) is 11.3. The van der Waals surface area contributed by atoms with Gasteiger partial charge >= 0.3 is 11.9 Å². The highest BCUT2D eigenvalue weighted by atomic mass is 16.5. The highest BCUT2D eigenvalue weighted by molar-refractivity contribution is 5.92. The van der Waals surface area contributed by atoms with Gasteiger partial charge in [-0.05, 0) is 40.7 Å². The van der Waals surface area contributed by atoms with E-state index < -0.39 is 41.8 Å². The molecule has 0 bridgehead atoms. The molecule has 4 aromatic rings. The number of hydrogen-bond acceptors (Lipinski definition) is 6. The van der Waals surface area contributed by atoms with Gasteiger partial charge in [0.25, 0.3) is 0 Å². The maximum atomic E-state index is 13.5. The number of aromatic amines is 1. The molecule has 0 radical (unpaired) electrons. The molecule has 4 rings (SSSR count). The fourth-order valence-electron chi connectivity index (χ4n) is 5.08. The third kappa shape index (κ3) is 9.26. The van der Waals surface area contributed by atoms with E-state index in [0.717, 1.165) is 21.9 Å². The molecule has 1 unspecified atom stereocenters. The second-order valence-corrected chi connectivity index (χ2v) is 11.3. The Hall–Kier alpha value is -4.99. The van der Waals surface area contributed by atoms with Crippen LogP contribution in [0.5, 0.6) is 0 Å². The van der Waals surface area contributed by atoms with Crippen LogP contribution in [-0.2, 0) is 43.4 Å². The van der Waals surface area contributed by atoms with Gasteiger partial charge in [-0.15, -0.1) is 0 Å². The number of benzene rings is 3. The van der Waals surface area contributed by atoms with Crippen molar-refractivity contribution in [2.45, 2.75) is 58.2 Å². The first-order valence-corrected chi connectivity index (χ1v) is 14.7. The smallest absolute Gasteiger partial charge is 0.326 e. The van der Waals surface area contributed by atoms with E-state index in [4.69, 9.17) is 4.74 Å². The Labute approximate surface area is 256 Å². The summed E-state index contributed by atoms with van der Waals surface area (Å²) in [5, 5.41) is 16.9. The third-order valence-corrected chi connectivity index (χ3v) is 7.28. The molecule has 0 aliphatic rings. The fourth-order valence-corrected chi connectivity index (χ4v) is 5.08. The van der Waals surface area contributed by atoms with Crippen LogP contribution in [0.15, 0.2) is 85.3 Å². The van der Waals surface area contributed by atoms with E-state index in [-0.39, 0.29) is 38.2 Å². The molecule has 4 N–H and O–H groups in total. The van der Waals surface area contributed by atoms with Crippen LogP contribution in [0.2, 0.25) is 0 Å². The van der Waals surface area contributed by atoms with E-state index >= 15 is 0 Å². The van der Waals surface area contributed by atoms with Crippen LogP contribution in [0.3, 0.4) is 0 Å². The number of H-pyrrole nitrogens is 1. The summed E-state index contributed by atoms with van der Waals surface area (Å²) < 4.78 is 5.65. The molecule has 10 heteroatoms. The molecule has 0 spiro atoms. The van der Waals surface area contributed by atoms with Crippen molar-refractivity contribution in [2.75, 3.05) is 0 Å². The first kappa shape index (κ1) is 31.9. The van der Waals surface area contributed by atoms with Gasteiger partial charge in [-0.1, -0.05) is 86.6 Å². The summed E-state index contributed by atoms with van der Waals surface area (Å²) in [5.41, 5.74) is 2.22. The van der Waals surface area contributed by atoms with Crippen LogP contribution in [0, 0.1) is 11.8 Å². The molecule has 1 aromatic heterocycles. The Kier molecular flexibility index (Phi) is 11.2. The van der Waals surface area contributed by atoms with Gasteiger partial charge in [0.05, 0.1) is 17.9 Å². The highest BCUT2D eigenvalue weighted by Crippen LogP contribution is 2.24. The number of carboxylic acid groups (broad SMARTS) is 1. The SMILES string of the molecule is CC(C)C[C@H](NC(=O)C(Cc1c[nH]cn1)NC(=O)C[C@@H](Cc1cccc2ccccc12)C(=O)OCc1ccccc1)C(=O)O. The van der Waals surface area contributed by atoms with Gasteiger partial charge in [-0.3, -0.25) is 14.4 Å². The van der Waals surface area contributed by atoms with Gasteiger partial charge < -0.3 is 25.5 Å². The van der Waals surface area contributed by atoms with Crippen molar-refractivity contribution in [3.63, 3.8) is 0 Å². The topological polar surface area (TPSA) is 150 Å². The fraction of sp³-hybridized carbons (Fsp3) is 0.324. The number of fused-ring (bicyclic) bond motifs is 1. The normalized spacial score (nSPS) is 13.2. The Morgan fingerprint density at radius 1 is 0.886 bits per heavy atom. The largest absolute Gasteiger partial charge is 0.480 e. The van der Waals surface area contributed by atoms with Crippen LogP contribution in [-0.4, -0.2) is 50.9 Å². The van der Waals surface area contributed by atoms with Crippen molar-refractivity contribution >= 4 is 34.5 Å². The molecule has 10 nitrogen and oxygen atoms in total. The number of hydrogen-bond donors (Lipinski definition) is 4. The number of carbonyl (C=O) groups excluding carboxylic acids is 3. The quantitative estimate of drug-likeness (QED) is 0.150. The van der Waals surface area contributed by atoms with E-state index in [0.29, 0.717) is 5.69 Å². The summed E-state index contributed by atoms with van der Waals surface area (Å²) >= 11 is 0. The summed E-state index contributed by atoms with van der Waals surface area (Å²) in [7, 11) is 0. The van der Waals surface area contributed by atoms with Gasteiger partial charge in [0.1, 0.15) is 18.7 Å². The number of aliphatic carboxylic acids is 1. The molecule has 3 atom stereocenters. The molecule has 0 saturated carbocycles. The van der Waals surface area contributed by atoms with Gasteiger partial charge in [0, 0.05) is 19.0 Å². The van der Waals surface area contributed by atoms with Crippen molar-refractivity contribution in [1.82, 2.24) is 20.6 Å². The number of imidazole rings is 1. The number of esters is 1. The lowest BCUT2D eigenvalue weighted by Crippen LogP contribution is -2.53. The predicted octanol–water partition coefficient (Wildman–Crippen LogP) is 4.20. The van der Waals surface area contributed by atoms with Gasteiger partial charge in [-0.2, -0.15) is 0 Å². The molecule has 230 valence electrons. The zero-order valence-corrected chi connectivity index (χ0v) is 24.9. The highest BCUT2D eigenvalue weighted by Gasteiger charge is 2.30. The summed E-state index contributed by atoms with van der Waals surface area (Å²) in [4.78, 5) is 59.0. The maximum Gasteiger partial charge on any atom is 0.326 e. The summed E-state index contributed by atoms with van der Waals surface area (Å²) in [6.45, 7) is 3.78. The summed E-state index contributed by atoms with van der Waals surface area (Å²) in [6.07, 6.45) is 3.31. The third-order valence-electron chi connectivity index (χ3n) is 7.28. The van der Waals surface area contributed by atoms with E-state index in [1.54, 1.807) is 6.20 Å². The lowest BCUT2D eigenvalue weighted by Gasteiger charge is -2.23. The monoisotopic (exact) mass is 598 g/mol. The lowest BCUT2D eigenvalue weighted by atomic mass is 9.92. The average Bonchev–Trinajstić information content (AvgIpc) is 3.52. The van der Waals surface area contributed by atoms with E-state index in [1.165, 1.54) is 6.33 Å². The molecule has 0 aliphatic heterocycles. The average molecular weight is 599 g/mol. The van der Waals surface area contributed by atoms with Crippen LogP contribution in [0.25, 0.3) is 10.8 Å². The number of carbonyl (C=O) groups is 4. The van der Waals surface area contributed by atoms with Crippen LogP contribution in [0.4, 0.5) is 0 Å². The van der Waals surface area contributed by atoms with Crippen LogP contribution >= 0.6 is 0 Å². The van der Waals surface area contributed by atoms with Gasteiger partial charge in [0.15, 0.2) is 0 Å². The minimum Gasteiger partial charge on any atom is -0.480 e. The zero-order valence-electron chi connectivity index (χ0n) is 24.9. The molecular weight excluding hydrogens is 560 g/mol. The van der Waals surface area contributed by atoms with E-state index in [9.17, 15) is 24.3 Å². The predicted molar refractivity (Wildman–Crippen MR) is 165 cm³/mol. The van der Waals surface area contributed by atoms with Crippen molar-refractivity contribution in [3.8, 4) is 0 Å². The molecule has 0 saturated heterocycles. The Balaban J connectivity index is 1.53. The van der Waals surface area contributed by atoms with Crippen molar-refractivity contribution in [2.24, 2.45) is 11.8 Å². The lowest BCUT2D eigenvalue weighted by molar-refractivity contribution is -0.151. The number of rotatable bonds is 15.